The Balaban J connectivity index is 1.72. The Kier molecular flexibility index (Phi) is 6.38. The van der Waals surface area contributed by atoms with Gasteiger partial charge in [0.25, 0.3) is 0 Å². The quantitative estimate of drug-likeness (QED) is 0.332. The zero-order chi connectivity index (χ0) is 23.7. The van der Waals surface area contributed by atoms with Crippen molar-refractivity contribution in [1.29, 1.82) is 0 Å². The number of aromatic hydroxyl groups is 2. The maximum absolute atomic E-state index is 13.2. The molecule has 0 aromatic heterocycles. The van der Waals surface area contributed by atoms with E-state index >= 15 is 0 Å². The van der Waals surface area contributed by atoms with Crippen molar-refractivity contribution in [2.45, 2.75) is 39.7 Å². The number of rotatable bonds is 8. The van der Waals surface area contributed by atoms with E-state index in [1.165, 1.54) is 0 Å². The Bertz CT molecular complexity index is 1230. The summed E-state index contributed by atoms with van der Waals surface area (Å²) in [4.78, 5) is 28.7. The molecule has 0 amide bonds. The molecule has 1 unspecified atom stereocenters. The molecule has 1 aliphatic rings. The van der Waals surface area contributed by atoms with Crippen LogP contribution in [-0.4, -0.2) is 52.4 Å². The molecular formula is C27H30N2O4. The third-order valence-corrected chi connectivity index (χ3v) is 6.56. The van der Waals surface area contributed by atoms with Gasteiger partial charge in [-0.05, 0) is 45.5 Å². The maximum Gasteiger partial charge on any atom is 0.198 e. The second-order valence-corrected chi connectivity index (χ2v) is 8.59. The maximum atomic E-state index is 13.2. The van der Waals surface area contributed by atoms with E-state index in [2.05, 4.69) is 31.0 Å². The summed E-state index contributed by atoms with van der Waals surface area (Å²) in [7, 11) is 0. The Morgan fingerprint density at radius 3 is 2.09 bits per heavy atom. The Labute approximate surface area is 193 Å². The van der Waals surface area contributed by atoms with Crippen LogP contribution in [0.5, 0.6) is 11.5 Å². The van der Waals surface area contributed by atoms with Gasteiger partial charge < -0.3 is 20.4 Å². The summed E-state index contributed by atoms with van der Waals surface area (Å²) in [6, 6.07) is 11.8. The number of anilines is 1. The monoisotopic (exact) mass is 446 g/mol. The lowest BCUT2D eigenvalue weighted by atomic mass is 9.81. The van der Waals surface area contributed by atoms with E-state index < -0.39 is 11.6 Å². The summed E-state index contributed by atoms with van der Waals surface area (Å²) in [5.74, 6) is -1.47. The third kappa shape index (κ3) is 3.95. The molecule has 172 valence electrons. The molecule has 33 heavy (non-hydrogen) atoms. The van der Waals surface area contributed by atoms with Crippen LogP contribution in [0.3, 0.4) is 0 Å². The molecule has 0 saturated carbocycles. The van der Waals surface area contributed by atoms with Gasteiger partial charge in [0.1, 0.15) is 11.5 Å². The Morgan fingerprint density at radius 2 is 1.48 bits per heavy atom. The van der Waals surface area contributed by atoms with Crippen molar-refractivity contribution in [3.63, 3.8) is 0 Å². The molecule has 0 aliphatic heterocycles. The van der Waals surface area contributed by atoms with Crippen molar-refractivity contribution >= 4 is 28.0 Å². The fraction of sp³-hybridized carbons (Fsp3) is 0.333. The molecule has 3 N–H and O–H groups in total. The van der Waals surface area contributed by atoms with Crippen LogP contribution < -0.4 is 5.32 Å². The van der Waals surface area contributed by atoms with Crippen molar-refractivity contribution in [3.8, 4) is 11.5 Å². The number of benzene rings is 3. The summed E-state index contributed by atoms with van der Waals surface area (Å²) < 4.78 is 0. The summed E-state index contributed by atoms with van der Waals surface area (Å²) >= 11 is 0. The topological polar surface area (TPSA) is 89.9 Å². The van der Waals surface area contributed by atoms with Gasteiger partial charge in [-0.15, -0.1) is 0 Å². The van der Waals surface area contributed by atoms with Gasteiger partial charge in [-0.1, -0.05) is 50.2 Å². The molecule has 0 spiro atoms. The summed E-state index contributed by atoms with van der Waals surface area (Å²) in [6.07, 6.45) is 1.95. The first-order valence-corrected chi connectivity index (χ1v) is 11.6. The second-order valence-electron chi connectivity index (χ2n) is 8.59. The van der Waals surface area contributed by atoms with E-state index in [4.69, 9.17) is 0 Å². The first-order chi connectivity index (χ1) is 15.9. The molecule has 3 aromatic carbocycles. The minimum absolute atomic E-state index is 0.113. The highest BCUT2D eigenvalue weighted by Crippen LogP contribution is 2.46. The smallest absolute Gasteiger partial charge is 0.198 e. The van der Waals surface area contributed by atoms with E-state index in [0.29, 0.717) is 16.5 Å². The van der Waals surface area contributed by atoms with Crippen LogP contribution in [0, 0.1) is 0 Å². The number of hydrogen-bond donors (Lipinski definition) is 3. The highest BCUT2D eigenvalue weighted by Gasteiger charge is 2.36. The zero-order valence-corrected chi connectivity index (χ0v) is 19.3. The number of nitrogens with one attached hydrogen (secondary N) is 1. The van der Waals surface area contributed by atoms with Gasteiger partial charge in [0.05, 0.1) is 16.5 Å². The molecule has 0 heterocycles. The molecule has 1 atom stereocenters. The first-order valence-electron chi connectivity index (χ1n) is 11.6. The standard InChI is InChI=1S/C27H30N2O4/c1-4-29(5-2)15-9-10-16(3)28-20-14-8-13-19-21(20)27(33)23-22(26(19)32)24(30)17-11-6-7-12-18(17)25(23)31/h6-8,11-14,16,28,32-33H,4-5,9-10,15H2,1-3H3. The van der Waals surface area contributed by atoms with Gasteiger partial charge in [-0.3, -0.25) is 9.59 Å². The highest BCUT2D eigenvalue weighted by molar-refractivity contribution is 6.33. The van der Waals surface area contributed by atoms with Crippen molar-refractivity contribution in [3.05, 3.63) is 64.7 Å². The molecule has 0 saturated heterocycles. The van der Waals surface area contributed by atoms with Gasteiger partial charge in [0.2, 0.25) is 0 Å². The van der Waals surface area contributed by atoms with Gasteiger partial charge in [0.15, 0.2) is 11.6 Å². The lowest BCUT2D eigenvalue weighted by Gasteiger charge is -2.24. The zero-order valence-electron chi connectivity index (χ0n) is 19.3. The highest BCUT2D eigenvalue weighted by atomic mass is 16.3. The molecule has 4 rings (SSSR count). The number of phenols is 2. The molecule has 0 fully saturated rings. The molecule has 3 aromatic rings. The molecule has 1 aliphatic carbocycles. The van der Waals surface area contributed by atoms with Crippen LogP contribution in [0.2, 0.25) is 0 Å². The predicted molar refractivity (Wildman–Crippen MR) is 131 cm³/mol. The average molecular weight is 447 g/mol. The van der Waals surface area contributed by atoms with Gasteiger partial charge >= 0.3 is 0 Å². The largest absolute Gasteiger partial charge is 0.506 e. The third-order valence-electron chi connectivity index (χ3n) is 6.56. The number of fused-ring (bicyclic) bond motifs is 3. The summed E-state index contributed by atoms with van der Waals surface area (Å²) in [5, 5.41) is 26.4. The fourth-order valence-corrected chi connectivity index (χ4v) is 4.71. The molecular weight excluding hydrogens is 416 g/mol. The van der Waals surface area contributed by atoms with E-state index in [1.807, 2.05) is 6.07 Å². The Hall–Kier alpha value is -3.38. The Morgan fingerprint density at radius 1 is 0.879 bits per heavy atom. The van der Waals surface area contributed by atoms with Gasteiger partial charge in [-0.25, -0.2) is 0 Å². The molecule has 6 heteroatoms. The van der Waals surface area contributed by atoms with E-state index in [1.54, 1.807) is 36.4 Å². The van der Waals surface area contributed by atoms with E-state index in [9.17, 15) is 19.8 Å². The van der Waals surface area contributed by atoms with Crippen LogP contribution in [0.25, 0.3) is 10.8 Å². The SMILES string of the molecule is CCN(CC)CCCC(C)Nc1cccc2c(O)c3c(c(O)c12)C(=O)c1ccccc1C3=O. The number of phenolic OH excluding ortho intramolecular Hbond substituents is 2. The number of hydrogen-bond acceptors (Lipinski definition) is 6. The van der Waals surface area contributed by atoms with E-state index in [-0.39, 0.29) is 39.8 Å². The summed E-state index contributed by atoms with van der Waals surface area (Å²) in [5.41, 5.74) is 0.831. The van der Waals surface area contributed by atoms with Crippen LogP contribution in [-0.2, 0) is 0 Å². The van der Waals surface area contributed by atoms with Crippen LogP contribution in [0.15, 0.2) is 42.5 Å². The molecule has 0 radical (unpaired) electrons. The predicted octanol–water partition coefficient (Wildman–Crippen LogP) is 4.95. The normalized spacial score (nSPS) is 13.8. The minimum atomic E-state index is -0.461. The van der Waals surface area contributed by atoms with Crippen molar-refractivity contribution in [2.75, 3.05) is 25.0 Å². The van der Waals surface area contributed by atoms with Crippen molar-refractivity contribution in [1.82, 2.24) is 4.90 Å². The number of nitrogens with zero attached hydrogens (tertiary/aromatic N) is 1. The number of ketones is 2. The number of carbonyl (C=O) groups is 2. The fourth-order valence-electron chi connectivity index (χ4n) is 4.71. The molecule has 0 bridgehead atoms. The van der Waals surface area contributed by atoms with Gasteiger partial charge in [-0.2, -0.15) is 0 Å². The van der Waals surface area contributed by atoms with Crippen LogP contribution in [0.1, 0.15) is 65.5 Å². The lowest BCUT2D eigenvalue weighted by molar-refractivity contribution is 0.0974. The van der Waals surface area contributed by atoms with Crippen LogP contribution >= 0.6 is 0 Å². The summed E-state index contributed by atoms with van der Waals surface area (Å²) in [6.45, 7) is 9.44. The second kappa shape index (κ2) is 9.24. The van der Waals surface area contributed by atoms with Crippen molar-refractivity contribution in [2.24, 2.45) is 0 Å². The minimum Gasteiger partial charge on any atom is -0.506 e. The van der Waals surface area contributed by atoms with Crippen molar-refractivity contribution < 1.29 is 19.8 Å². The number of carbonyl (C=O) groups excluding carboxylic acids is 2. The van der Waals surface area contributed by atoms with E-state index in [0.717, 1.165) is 32.5 Å². The lowest BCUT2D eigenvalue weighted by Crippen LogP contribution is -2.25. The van der Waals surface area contributed by atoms with Crippen LogP contribution in [0.4, 0.5) is 5.69 Å². The first kappa shape index (κ1) is 22.8. The van der Waals surface area contributed by atoms with Gasteiger partial charge in [0, 0.05) is 28.2 Å². The average Bonchev–Trinajstić information content (AvgIpc) is 2.82. The molecule has 6 nitrogen and oxygen atoms in total.